The molecular formula is C30H32N2O2. The smallest absolute Gasteiger partial charge is 0.163 e. The maximum atomic E-state index is 13.7. The molecule has 0 unspecified atom stereocenters. The van der Waals surface area contributed by atoms with E-state index >= 15 is 0 Å². The average molecular weight is 453 g/mol. The summed E-state index contributed by atoms with van der Waals surface area (Å²) >= 11 is 0. The first-order chi connectivity index (χ1) is 16.3. The van der Waals surface area contributed by atoms with Gasteiger partial charge < -0.3 is 15.4 Å². The number of carbonyl (C=O) groups excluding carboxylic acids is 1. The Kier molecular flexibility index (Phi) is 5.68. The molecule has 0 radical (unpaired) electrons. The van der Waals surface area contributed by atoms with Gasteiger partial charge in [-0.05, 0) is 58.7 Å². The van der Waals surface area contributed by atoms with Crippen LogP contribution in [0, 0.1) is 0 Å². The normalized spacial score (nSPS) is 19.9. The molecule has 0 saturated carbocycles. The molecule has 0 saturated heterocycles. The number of allylic oxidation sites excluding steroid dienone is 1. The van der Waals surface area contributed by atoms with Gasteiger partial charge in [0.2, 0.25) is 0 Å². The topological polar surface area (TPSA) is 50.4 Å². The van der Waals surface area contributed by atoms with E-state index in [1.54, 1.807) is 7.11 Å². The zero-order chi connectivity index (χ0) is 23.9. The number of methoxy groups -OCH3 is 1. The molecular weight excluding hydrogens is 420 g/mol. The number of fused-ring (bicyclic) bond motifs is 1. The second kappa shape index (κ2) is 8.68. The lowest BCUT2D eigenvalue weighted by Gasteiger charge is -2.30. The molecule has 1 heterocycles. The standard InChI is InChI=1S/C30H32N2O2/c1-30(2,3)22-13-9-20(10-14-22)29-28-26(31-24-7-5-6-8-25(24)32-29)17-21(18-27(28)33)19-11-15-23(34-4)16-12-19/h5-16,21,29,31-32H,17-18H2,1-4H3/t21-,29+/m1/s1. The zero-order valence-corrected chi connectivity index (χ0v) is 20.3. The molecule has 2 aliphatic rings. The summed E-state index contributed by atoms with van der Waals surface area (Å²) in [5.41, 5.74) is 7.52. The van der Waals surface area contributed by atoms with Crippen LogP contribution in [0.4, 0.5) is 11.4 Å². The Morgan fingerprint density at radius 1 is 0.824 bits per heavy atom. The van der Waals surface area contributed by atoms with Crippen molar-refractivity contribution < 1.29 is 9.53 Å². The highest BCUT2D eigenvalue weighted by molar-refractivity contribution is 6.01. The van der Waals surface area contributed by atoms with Crippen LogP contribution in [0.25, 0.3) is 0 Å². The predicted molar refractivity (Wildman–Crippen MR) is 139 cm³/mol. The number of nitrogens with one attached hydrogen (secondary N) is 2. The Morgan fingerprint density at radius 2 is 1.47 bits per heavy atom. The monoisotopic (exact) mass is 452 g/mol. The Morgan fingerprint density at radius 3 is 2.12 bits per heavy atom. The summed E-state index contributed by atoms with van der Waals surface area (Å²) in [6, 6.07) is 24.8. The Hall–Kier alpha value is -3.53. The average Bonchev–Trinajstić information content (AvgIpc) is 3.00. The number of carbonyl (C=O) groups is 1. The van der Waals surface area contributed by atoms with Gasteiger partial charge in [0.05, 0.1) is 24.5 Å². The number of benzene rings is 3. The molecule has 3 aromatic carbocycles. The van der Waals surface area contributed by atoms with Gasteiger partial charge in [0, 0.05) is 17.7 Å². The molecule has 4 nitrogen and oxygen atoms in total. The van der Waals surface area contributed by atoms with E-state index in [4.69, 9.17) is 4.74 Å². The van der Waals surface area contributed by atoms with E-state index in [2.05, 4.69) is 79.9 Å². The molecule has 2 N–H and O–H groups in total. The van der Waals surface area contributed by atoms with Gasteiger partial charge in [0.15, 0.2) is 5.78 Å². The summed E-state index contributed by atoms with van der Waals surface area (Å²) in [4.78, 5) is 13.7. The van der Waals surface area contributed by atoms with Crippen molar-refractivity contribution in [2.45, 2.75) is 51.0 Å². The maximum absolute atomic E-state index is 13.7. The minimum absolute atomic E-state index is 0.0836. The van der Waals surface area contributed by atoms with Crippen molar-refractivity contribution in [2.24, 2.45) is 0 Å². The highest BCUT2D eigenvalue weighted by Crippen LogP contribution is 2.44. The van der Waals surface area contributed by atoms with Crippen LogP contribution < -0.4 is 15.4 Å². The lowest BCUT2D eigenvalue weighted by atomic mass is 9.78. The van der Waals surface area contributed by atoms with Gasteiger partial charge in [0.25, 0.3) is 0 Å². The molecule has 0 amide bonds. The van der Waals surface area contributed by atoms with Crippen LogP contribution >= 0.6 is 0 Å². The number of ketones is 1. The molecule has 0 aromatic heterocycles. The van der Waals surface area contributed by atoms with Crippen molar-refractivity contribution in [3.05, 3.63) is 101 Å². The minimum atomic E-state index is -0.190. The SMILES string of the molecule is COc1ccc([C@H]2CC(=O)C3=C(C2)Nc2ccccc2N[C@H]3c2ccc(C(C)(C)C)cc2)cc1. The number of anilines is 2. The fraction of sp³-hybridized carbons (Fsp3) is 0.300. The quantitative estimate of drug-likeness (QED) is 0.450. The number of Topliss-reactive ketones (excluding diaryl/α,β-unsaturated/α-hetero) is 1. The van der Waals surface area contributed by atoms with E-state index in [-0.39, 0.29) is 23.2 Å². The van der Waals surface area contributed by atoms with Crippen molar-refractivity contribution in [3.8, 4) is 5.75 Å². The van der Waals surface area contributed by atoms with Gasteiger partial charge in [-0.25, -0.2) is 0 Å². The Balaban J connectivity index is 1.55. The first kappa shape index (κ1) is 22.3. The van der Waals surface area contributed by atoms with Crippen LogP contribution in [0.3, 0.4) is 0 Å². The van der Waals surface area contributed by atoms with E-state index in [1.165, 1.54) is 11.1 Å². The number of rotatable bonds is 3. The van der Waals surface area contributed by atoms with Crippen molar-refractivity contribution >= 4 is 17.2 Å². The molecule has 0 bridgehead atoms. The molecule has 1 aliphatic heterocycles. The van der Waals surface area contributed by atoms with E-state index in [0.29, 0.717) is 6.42 Å². The van der Waals surface area contributed by atoms with E-state index in [9.17, 15) is 4.79 Å². The second-order valence-corrected chi connectivity index (χ2v) is 10.3. The summed E-state index contributed by atoms with van der Waals surface area (Å²) < 4.78 is 5.31. The third-order valence-electron chi connectivity index (χ3n) is 7.01. The number of ether oxygens (including phenoxy) is 1. The van der Waals surface area contributed by atoms with Gasteiger partial charge in [-0.1, -0.05) is 69.3 Å². The van der Waals surface area contributed by atoms with Gasteiger partial charge in [-0.15, -0.1) is 0 Å². The molecule has 0 spiro atoms. The van der Waals surface area contributed by atoms with Gasteiger partial charge in [-0.2, -0.15) is 0 Å². The minimum Gasteiger partial charge on any atom is -0.497 e. The van der Waals surface area contributed by atoms with E-state index < -0.39 is 0 Å². The van der Waals surface area contributed by atoms with Crippen molar-refractivity contribution in [2.75, 3.05) is 17.7 Å². The summed E-state index contributed by atoms with van der Waals surface area (Å²) in [7, 11) is 1.67. The van der Waals surface area contributed by atoms with E-state index in [0.717, 1.165) is 40.4 Å². The number of hydrogen-bond donors (Lipinski definition) is 2. The summed E-state index contributed by atoms with van der Waals surface area (Å²) in [5, 5.41) is 7.30. The summed E-state index contributed by atoms with van der Waals surface area (Å²) in [6.45, 7) is 6.66. The summed E-state index contributed by atoms with van der Waals surface area (Å²) in [5.74, 6) is 1.16. The van der Waals surface area contributed by atoms with Crippen LogP contribution in [-0.4, -0.2) is 12.9 Å². The molecule has 2 atom stereocenters. The Bertz CT molecular complexity index is 1230. The maximum Gasteiger partial charge on any atom is 0.163 e. The molecule has 5 rings (SSSR count). The van der Waals surface area contributed by atoms with Gasteiger partial charge >= 0.3 is 0 Å². The zero-order valence-electron chi connectivity index (χ0n) is 20.3. The molecule has 34 heavy (non-hydrogen) atoms. The third-order valence-corrected chi connectivity index (χ3v) is 7.01. The van der Waals surface area contributed by atoms with Crippen LogP contribution in [-0.2, 0) is 10.2 Å². The highest BCUT2D eigenvalue weighted by atomic mass is 16.5. The fourth-order valence-corrected chi connectivity index (χ4v) is 5.03. The van der Waals surface area contributed by atoms with E-state index in [1.807, 2.05) is 24.3 Å². The largest absolute Gasteiger partial charge is 0.497 e. The first-order valence-electron chi connectivity index (χ1n) is 12.0. The lowest BCUT2D eigenvalue weighted by molar-refractivity contribution is -0.116. The molecule has 1 aliphatic carbocycles. The van der Waals surface area contributed by atoms with Gasteiger partial charge in [0.1, 0.15) is 5.75 Å². The molecule has 3 aromatic rings. The molecule has 4 heteroatoms. The fourth-order valence-electron chi connectivity index (χ4n) is 5.03. The van der Waals surface area contributed by atoms with Crippen molar-refractivity contribution in [3.63, 3.8) is 0 Å². The van der Waals surface area contributed by atoms with Gasteiger partial charge in [-0.3, -0.25) is 4.79 Å². The lowest BCUT2D eigenvalue weighted by Crippen LogP contribution is -2.27. The number of hydrogen-bond acceptors (Lipinski definition) is 4. The summed E-state index contributed by atoms with van der Waals surface area (Å²) in [6.07, 6.45) is 1.29. The predicted octanol–water partition coefficient (Wildman–Crippen LogP) is 6.97. The molecule has 174 valence electrons. The molecule has 0 fully saturated rings. The van der Waals surface area contributed by atoms with Crippen molar-refractivity contribution in [1.29, 1.82) is 0 Å². The van der Waals surface area contributed by atoms with Crippen LogP contribution in [0.5, 0.6) is 5.75 Å². The highest BCUT2D eigenvalue weighted by Gasteiger charge is 2.36. The first-order valence-corrected chi connectivity index (χ1v) is 12.0. The van der Waals surface area contributed by atoms with Crippen molar-refractivity contribution in [1.82, 2.24) is 0 Å². The van der Waals surface area contributed by atoms with Crippen LogP contribution in [0.1, 0.15) is 62.3 Å². The second-order valence-electron chi connectivity index (χ2n) is 10.3. The Labute approximate surface area is 202 Å². The third kappa shape index (κ3) is 4.21. The van der Waals surface area contributed by atoms with Crippen LogP contribution in [0.2, 0.25) is 0 Å². The number of para-hydroxylation sites is 2. The van der Waals surface area contributed by atoms with Crippen LogP contribution in [0.15, 0.2) is 84.1 Å².